The molecule has 1 saturated carbocycles. The van der Waals surface area contributed by atoms with Crippen LogP contribution in [0.25, 0.3) is 0 Å². The van der Waals surface area contributed by atoms with Gasteiger partial charge < -0.3 is 20.9 Å². The second-order valence-electron chi connectivity index (χ2n) is 7.98. The summed E-state index contributed by atoms with van der Waals surface area (Å²) >= 11 is 0. The highest BCUT2D eigenvalue weighted by Gasteiger charge is 2.42. The van der Waals surface area contributed by atoms with E-state index in [0.717, 1.165) is 57.6 Å². The Labute approximate surface area is 163 Å². The lowest BCUT2D eigenvalue weighted by Crippen LogP contribution is -2.53. The molecule has 2 rings (SSSR count). The van der Waals surface area contributed by atoms with Crippen LogP contribution in [0, 0.1) is 5.41 Å². The van der Waals surface area contributed by atoms with Crippen molar-refractivity contribution in [2.75, 3.05) is 54.4 Å². The lowest BCUT2D eigenvalue weighted by atomic mass is 9.84. The van der Waals surface area contributed by atoms with Crippen molar-refractivity contribution in [3.05, 3.63) is 0 Å². The molecule has 1 aliphatic carbocycles. The summed E-state index contributed by atoms with van der Waals surface area (Å²) in [6.45, 7) is 2.88. The summed E-state index contributed by atoms with van der Waals surface area (Å²) in [4.78, 5) is 32.4. The van der Waals surface area contributed by atoms with Gasteiger partial charge in [0.1, 0.15) is 0 Å². The van der Waals surface area contributed by atoms with Crippen molar-refractivity contribution in [3.63, 3.8) is 0 Å². The molecule has 0 aromatic rings. The molecule has 0 radical (unpaired) electrons. The van der Waals surface area contributed by atoms with Gasteiger partial charge in [-0.2, -0.15) is 0 Å². The van der Waals surface area contributed by atoms with E-state index in [9.17, 15) is 9.59 Å². The summed E-state index contributed by atoms with van der Waals surface area (Å²) in [5, 5.41) is 9.56. The third-order valence-electron chi connectivity index (χ3n) is 5.81. The molecular formula is C19H36N6O2. The Morgan fingerprint density at radius 1 is 1.19 bits per heavy atom. The molecule has 2 amide bonds. The van der Waals surface area contributed by atoms with E-state index in [1.54, 1.807) is 19.0 Å². The number of carbonyl (C=O) groups is 2. The highest BCUT2D eigenvalue weighted by molar-refractivity contribution is 5.85. The molecule has 0 aromatic carbocycles. The van der Waals surface area contributed by atoms with Crippen LogP contribution in [0.2, 0.25) is 0 Å². The predicted molar refractivity (Wildman–Crippen MR) is 108 cm³/mol. The van der Waals surface area contributed by atoms with Gasteiger partial charge in [0.05, 0.1) is 12.0 Å². The predicted octanol–water partition coefficient (Wildman–Crippen LogP) is 0.0104. The van der Waals surface area contributed by atoms with Crippen molar-refractivity contribution in [3.8, 4) is 0 Å². The van der Waals surface area contributed by atoms with Gasteiger partial charge in [0, 0.05) is 53.9 Å². The number of amides is 2. The van der Waals surface area contributed by atoms with E-state index in [0.29, 0.717) is 19.1 Å². The van der Waals surface area contributed by atoms with Gasteiger partial charge in [0.2, 0.25) is 11.8 Å². The fourth-order valence-electron chi connectivity index (χ4n) is 4.15. The monoisotopic (exact) mass is 380 g/mol. The molecule has 3 N–H and O–H groups in total. The molecule has 2 aliphatic rings. The van der Waals surface area contributed by atoms with Gasteiger partial charge in [0.25, 0.3) is 0 Å². The van der Waals surface area contributed by atoms with E-state index < -0.39 is 0 Å². The Balaban J connectivity index is 1.82. The molecule has 0 atom stereocenters. The van der Waals surface area contributed by atoms with E-state index in [-0.39, 0.29) is 17.2 Å². The molecule has 154 valence electrons. The van der Waals surface area contributed by atoms with Crippen molar-refractivity contribution in [2.24, 2.45) is 10.4 Å². The fraction of sp³-hybridized carbons (Fsp3) is 0.842. The van der Waals surface area contributed by atoms with Crippen LogP contribution in [0.3, 0.4) is 0 Å². The van der Waals surface area contributed by atoms with E-state index >= 15 is 0 Å². The minimum Gasteiger partial charge on any atom is -0.358 e. The largest absolute Gasteiger partial charge is 0.358 e. The van der Waals surface area contributed by atoms with Crippen molar-refractivity contribution in [1.29, 1.82) is 0 Å². The summed E-state index contributed by atoms with van der Waals surface area (Å²) in [5.74, 6) is 1.04. The zero-order valence-corrected chi connectivity index (χ0v) is 17.3. The Bertz CT molecular complexity index is 534. The molecule has 8 heteroatoms. The van der Waals surface area contributed by atoms with Gasteiger partial charge in [-0.05, 0) is 25.7 Å². The van der Waals surface area contributed by atoms with E-state index in [2.05, 4.69) is 25.8 Å². The smallest absolute Gasteiger partial charge is 0.233 e. The molecular weight excluding hydrogens is 344 g/mol. The van der Waals surface area contributed by atoms with Crippen LogP contribution >= 0.6 is 0 Å². The van der Waals surface area contributed by atoms with Crippen LogP contribution in [0.15, 0.2) is 4.99 Å². The van der Waals surface area contributed by atoms with Crippen LogP contribution in [0.1, 0.15) is 38.5 Å². The second kappa shape index (κ2) is 9.92. The maximum atomic E-state index is 12.7. The molecule has 0 unspecified atom stereocenters. The maximum Gasteiger partial charge on any atom is 0.233 e. The fourth-order valence-corrected chi connectivity index (χ4v) is 4.15. The lowest BCUT2D eigenvalue weighted by Gasteiger charge is -2.34. The summed E-state index contributed by atoms with van der Waals surface area (Å²) in [6.07, 6.45) is 6.03. The molecule has 27 heavy (non-hydrogen) atoms. The molecule has 8 nitrogen and oxygen atoms in total. The average Bonchev–Trinajstić information content (AvgIpc) is 3.15. The second-order valence-corrected chi connectivity index (χ2v) is 7.98. The highest BCUT2D eigenvalue weighted by atomic mass is 16.2. The quantitative estimate of drug-likeness (QED) is 0.446. The Hall–Kier alpha value is -1.83. The van der Waals surface area contributed by atoms with Gasteiger partial charge in [-0.3, -0.25) is 19.5 Å². The third-order valence-corrected chi connectivity index (χ3v) is 5.81. The first kappa shape index (κ1) is 21.5. The zero-order chi connectivity index (χ0) is 19.9. The number of hydrogen-bond donors (Lipinski definition) is 3. The number of carbonyl (C=O) groups excluding carboxylic acids is 2. The standard InChI is InChI=1S/C19H36N6O2/c1-20-16(26)13-25-11-7-15(8-12-25)23-18(21-2)22-14-19(9-5-6-10-19)17(27)24(3)4/h15H,5-14H2,1-4H3,(H,20,26)(H2,21,22,23). The Morgan fingerprint density at radius 3 is 2.33 bits per heavy atom. The molecule has 0 bridgehead atoms. The summed E-state index contributed by atoms with van der Waals surface area (Å²) in [5.41, 5.74) is -0.308. The number of hydrogen-bond acceptors (Lipinski definition) is 4. The number of nitrogens with one attached hydrogen (secondary N) is 3. The molecule has 1 heterocycles. The molecule has 1 aliphatic heterocycles. The highest BCUT2D eigenvalue weighted by Crippen LogP contribution is 2.38. The zero-order valence-electron chi connectivity index (χ0n) is 17.3. The van der Waals surface area contributed by atoms with Gasteiger partial charge in [-0.15, -0.1) is 0 Å². The third kappa shape index (κ3) is 5.82. The number of rotatable bonds is 6. The van der Waals surface area contributed by atoms with Crippen LogP contribution in [0.5, 0.6) is 0 Å². The van der Waals surface area contributed by atoms with E-state index in [4.69, 9.17) is 0 Å². The van der Waals surface area contributed by atoms with Crippen molar-refractivity contribution in [1.82, 2.24) is 25.8 Å². The van der Waals surface area contributed by atoms with Gasteiger partial charge in [-0.25, -0.2) is 0 Å². The summed E-state index contributed by atoms with van der Waals surface area (Å²) in [7, 11) is 7.11. The van der Waals surface area contributed by atoms with E-state index in [1.807, 2.05) is 14.1 Å². The van der Waals surface area contributed by atoms with Crippen molar-refractivity contribution >= 4 is 17.8 Å². The summed E-state index contributed by atoms with van der Waals surface area (Å²) < 4.78 is 0. The van der Waals surface area contributed by atoms with Gasteiger partial charge in [-0.1, -0.05) is 12.8 Å². The number of nitrogens with zero attached hydrogens (tertiary/aromatic N) is 3. The number of aliphatic imine (C=N–C) groups is 1. The van der Waals surface area contributed by atoms with Crippen LogP contribution in [-0.4, -0.2) is 88.0 Å². The first-order chi connectivity index (χ1) is 12.9. The molecule has 1 saturated heterocycles. The first-order valence-electron chi connectivity index (χ1n) is 10.0. The number of guanidine groups is 1. The summed E-state index contributed by atoms with van der Waals surface area (Å²) in [6, 6.07) is 0.334. The molecule has 0 aromatic heterocycles. The number of likely N-dealkylation sites (tertiary alicyclic amines) is 1. The number of likely N-dealkylation sites (N-methyl/N-ethyl adjacent to an activating group) is 1. The minimum absolute atomic E-state index is 0.0614. The van der Waals surface area contributed by atoms with Crippen LogP contribution in [-0.2, 0) is 9.59 Å². The van der Waals surface area contributed by atoms with Gasteiger partial charge in [0.15, 0.2) is 5.96 Å². The van der Waals surface area contributed by atoms with Crippen molar-refractivity contribution in [2.45, 2.75) is 44.6 Å². The van der Waals surface area contributed by atoms with Crippen LogP contribution in [0.4, 0.5) is 0 Å². The van der Waals surface area contributed by atoms with Crippen LogP contribution < -0.4 is 16.0 Å². The lowest BCUT2D eigenvalue weighted by molar-refractivity contribution is -0.138. The number of piperidine rings is 1. The maximum absolute atomic E-state index is 12.7. The molecule has 2 fully saturated rings. The normalized spacial score (nSPS) is 21.0. The average molecular weight is 381 g/mol. The Kier molecular flexibility index (Phi) is 7.89. The topological polar surface area (TPSA) is 89.1 Å². The SMILES string of the molecule is CN=C(NCC1(C(=O)N(C)C)CCCC1)NC1CCN(CC(=O)NC)CC1. The minimum atomic E-state index is -0.308. The van der Waals surface area contributed by atoms with E-state index in [1.165, 1.54) is 0 Å². The van der Waals surface area contributed by atoms with Crippen molar-refractivity contribution < 1.29 is 9.59 Å². The molecule has 0 spiro atoms. The first-order valence-corrected chi connectivity index (χ1v) is 10.0. The van der Waals surface area contributed by atoms with Gasteiger partial charge >= 0.3 is 0 Å². The Morgan fingerprint density at radius 2 is 1.81 bits per heavy atom.